The number of ether oxygens (including phenoxy) is 2. The van der Waals surface area contributed by atoms with Crippen molar-refractivity contribution in [2.24, 2.45) is 5.92 Å². The van der Waals surface area contributed by atoms with Crippen molar-refractivity contribution in [1.82, 2.24) is 19.4 Å². The van der Waals surface area contributed by atoms with Crippen LogP contribution in [0, 0.1) is 5.92 Å². The van der Waals surface area contributed by atoms with Crippen molar-refractivity contribution in [2.45, 2.75) is 32.4 Å². The number of carbonyl (C=O) groups excluding carboxylic acids is 2. The molecular formula is C33H32N4O4S. The van der Waals surface area contributed by atoms with Crippen molar-refractivity contribution in [2.75, 3.05) is 20.2 Å². The van der Waals surface area contributed by atoms with E-state index >= 15 is 0 Å². The minimum absolute atomic E-state index is 0.257. The number of thiazole rings is 1. The summed E-state index contributed by atoms with van der Waals surface area (Å²) in [5.41, 5.74) is 3.58. The first-order valence-corrected chi connectivity index (χ1v) is 14.9. The molecule has 1 saturated heterocycles. The summed E-state index contributed by atoms with van der Waals surface area (Å²) in [4.78, 5) is 37.0. The minimum Gasteiger partial charge on any atom is -0.465 e. The van der Waals surface area contributed by atoms with Gasteiger partial charge in [0, 0.05) is 43.5 Å². The van der Waals surface area contributed by atoms with Gasteiger partial charge in [-0.15, -0.1) is 11.3 Å². The number of imidazole rings is 1. The second-order valence-electron chi connectivity index (χ2n) is 10.5. The molecule has 214 valence electrons. The topological polar surface area (TPSA) is 86.6 Å². The van der Waals surface area contributed by atoms with Gasteiger partial charge in [-0.05, 0) is 35.1 Å². The van der Waals surface area contributed by atoms with Gasteiger partial charge in [0.15, 0.2) is 0 Å². The third-order valence-corrected chi connectivity index (χ3v) is 8.79. The van der Waals surface area contributed by atoms with Gasteiger partial charge < -0.3 is 18.9 Å². The van der Waals surface area contributed by atoms with Gasteiger partial charge in [0.1, 0.15) is 16.5 Å². The van der Waals surface area contributed by atoms with E-state index in [1.807, 2.05) is 73.2 Å². The first-order valence-electron chi connectivity index (χ1n) is 14.1. The third-order valence-electron chi connectivity index (χ3n) is 7.75. The lowest BCUT2D eigenvalue weighted by Gasteiger charge is -2.31. The molecule has 3 aromatic carbocycles. The van der Waals surface area contributed by atoms with E-state index in [4.69, 9.17) is 14.5 Å². The molecule has 0 N–H and O–H groups in total. The average Bonchev–Trinajstić information content (AvgIpc) is 3.67. The molecule has 0 atom stereocenters. The van der Waals surface area contributed by atoms with Crippen LogP contribution in [0.25, 0.3) is 22.0 Å². The fourth-order valence-electron chi connectivity index (χ4n) is 5.49. The lowest BCUT2D eigenvalue weighted by atomic mass is 9.97. The number of hydrogen-bond acceptors (Lipinski definition) is 7. The summed E-state index contributed by atoms with van der Waals surface area (Å²) in [5, 5.41) is 2.97. The maximum absolute atomic E-state index is 12.8. The fourth-order valence-corrected chi connectivity index (χ4v) is 6.50. The van der Waals surface area contributed by atoms with E-state index in [2.05, 4.69) is 21.7 Å². The maximum atomic E-state index is 12.8. The van der Waals surface area contributed by atoms with Crippen LogP contribution in [-0.4, -0.2) is 51.7 Å². The number of esters is 1. The fraction of sp³-hybridized carbons (Fsp3) is 0.273. The molecule has 9 heteroatoms. The highest BCUT2D eigenvalue weighted by Crippen LogP contribution is 2.35. The van der Waals surface area contributed by atoms with Crippen molar-refractivity contribution in [3.63, 3.8) is 0 Å². The number of benzene rings is 3. The van der Waals surface area contributed by atoms with E-state index in [1.165, 1.54) is 18.4 Å². The number of carbonyl (C=O) groups is 2. The Balaban J connectivity index is 1.12. The van der Waals surface area contributed by atoms with Gasteiger partial charge in [-0.2, -0.15) is 0 Å². The number of fused-ring (bicyclic) bond motifs is 1. The Bertz CT molecular complexity index is 1680. The summed E-state index contributed by atoms with van der Waals surface area (Å²) in [6.45, 7) is 2.44. The Morgan fingerprint density at radius 1 is 0.976 bits per heavy atom. The van der Waals surface area contributed by atoms with Crippen LogP contribution in [0.1, 0.15) is 38.8 Å². The molecular weight excluding hydrogens is 548 g/mol. The standard InChI is InChI=1S/C33H32N4O4S/c1-40-32(38)31-30(28-13-7-11-25-10-5-6-12-27(25)28)35-29(42-31)18-26-19-34-22-37(26)20-23-14-16-36(17-15-23)33(39)41-21-24-8-3-2-4-9-24/h2-13,19,22-23H,14-18,20-21H2,1H3. The number of likely N-dealkylation sites (tertiary alicyclic amines) is 1. The molecule has 0 spiro atoms. The number of nitrogens with zero attached hydrogens (tertiary/aromatic N) is 4. The molecule has 42 heavy (non-hydrogen) atoms. The Morgan fingerprint density at radius 2 is 1.74 bits per heavy atom. The highest BCUT2D eigenvalue weighted by Gasteiger charge is 2.26. The number of hydrogen-bond donors (Lipinski definition) is 0. The highest BCUT2D eigenvalue weighted by atomic mass is 32.1. The summed E-state index contributed by atoms with van der Waals surface area (Å²) >= 11 is 1.37. The Hall–Kier alpha value is -4.50. The first-order chi connectivity index (χ1) is 20.6. The van der Waals surface area contributed by atoms with Crippen LogP contribution in [-0.2, 0) is 29.0 Å². The minimum atomic E-state index is -0.385. The van der Waals surface area contributed by atoms with Gasteiger partial charge >= 0.3 is 12.1 Å². The summed E-state index contributed by atoms with van der Waals surface area (Å²) < 4.78 is 12.8. The SMILES string of the molecule is COC(=O)c1sc(Cc2cncn2CC2CCN(C(=O)OCc3ccccc3)CC2)nc1-c1cccc2ccccc12. The number of amides is 1. The van der Waals surface area contributed by atoms with E-state index in [0.717, 1.165) is 52.0 Å². The van der Waals surface area contributed by atoms with Crippen molar-refractivity contribution in [3.8, 4) is 11.3 Å². The molecule has 1 fully saturated rings. The Labute approximate surface area is 248 Å². The molecule has 2 aromatic heterocycles. The van der Waals surface area contributed by atoms with E-state index in [1.54, 1.807) is 4.90 Å². The van der Waals surface area contributed by atoms with E-state index in [-0.39, 0.29) is 18.7 Å². The zero-order valence-electron chi connectivity index (χ0n) is 23.4. The van der Waals surface area contributed by atoms with Crippen LogP contribution in [0.2, 0.25) is 0 Å². The molecule has 6 rings (SSSR count). The molecule has 5 aromatic rings. The Morgan fingerprint density at radius 3 is 2.55 bits per heavy atom. The third kappa shape index (κ3) is 6.06. The summed E-state index contributed by atoms with van der Waals surface area (Å²) in [7, 11) is 1.40. The lowest BCUT2D eigenvalue weighted by molar-refractivity contribution is 0.0606. The van der Waals surface area contributed by atoms with Crippen LogP contribution in [0.5, 0.6) is 0 Å². The number of aromatic nitrogens is 3. The smallest absolute Gasteiger partial charge is 0.410 e. The molecule has 1 aliphatic heterocycles. The summed E-state index contributed by atoms with van der Waals surface area (Å²) in [6, 6.07) is 23.9. The Kier molecular flexibility index (Phi) is 8.28. The zero-order chi connectivity index (χ0) is 28.9. The van der Waals surface area contributed by atoms with E-state index < -0.39 is 0 Å². The molecule has 0 bridgehead atoms. The van der Waals surface area contributed by atoms with Gasteiger partial charge in [-0.1, -0.05) is 72.8 Å². The van der Waals surface area contributed by atoms with Crippen LogP contribution >= 0.6 is 11.3 Å². The molecule has 1 amide bonds. The monoisotopic (exact) mass is 580 g/mol. The predicted molar refractivity (Wildman–Crippen MR) is 162 cm³/mol. The van der Waals surface area contributed by atoms with Crippen LogP contribution < -0.4 is 0 Å². The highest BCUT2D eigenvalue weighted by molar-refractivity contribution is 7.14. The van der Waals surface area contributed by atoms with Gasteiger partial charge in [-0.25, -0.2) is 19.6 Å². The first kappa shape index (κ1) is 27.7. The average molecular weight is 581 g/mol. The van der Waals surface area contributed by atoms with Gasteiger partial charge in [0.2, 0.25) is 0 Å². The molecule has 0 unspecified atom stereocenters. The number of piperidine rings is 1. The number of rotatable bonds is 8. The lowest BCUT2D eigenvalue weighted by Crippen LogP contribution is -2.39. The predicted octanol–water partition coefficient (Wildman–Crippen LogP) is 6.59. The van der Waals surface area contributed by atoms with E-state index in [0.29, 0.717) is 36.0 Å². The quantitative estimate of drug-likeness (QED) is 0.193. The largest absolute Gasteiger partial charge is 0.465 e. The van der Waals surface area contributed by atoms with Crippen molar-refractivity contribution in [1.29, 1.82) is 0 Å². The molecule has 3 heterocycles. The maximum Gasteiger partial charge on any atom is 0.410 e. The second-order valence-corrected chi connectivity index (χ2v) is 11.6. The molecule has 8 nitrogen and oxygen atoms in total. The van der Waals surface area contributed by atoms with Gasteiger partial charge in [0.05, 0.1) is 19.1 Å². The van der Waals surface area contributed by atoms with Crippen LogP contribution in [0.15, 0.2) is 85.3 Å². The van der Waals surface area contributed by atoms with Gasteiger partial charge in [0.25, 0.3) is 0 Å². The molecule has 0 aliphatic carbocycles. The molecule has 1 aliphatic rings. The van der Waals surface area contributed by atoms with Crippen molar-refractivity contribution >= 4 is 34.2 Å². The van der Waals surface area contributed by atoms with Crippen molar-refractivity contribution in [3.05, 3.63) is 106 Å². The van der Waals surface area contributed by atoms with Crippen LogP contribution in [0.3, 0.4) is 0 Å². The molecule has 0 radical (unpaired) electrons. The van der Waals surface area contributed by atoms with E-state index in [9.17, 15) is 9.59 Å². The summed E-state index contributed by atoms with van der Waals surface area (Å²) in [5.74, 6) is 0.0357. The number of methoxy groups -OCH3 is 1. The van der Waals surface area contributed by atoms with Gasteiger partial charge in [-0.3, -0.25) is 0 Å². The summed E-state index contributed by atoms with van der Waals surface area (Å²) in [6.07, 6.45) is 5.82. The zero-order valence-corrected chi connectivity index (χ0v) is 24.3. The normalized spacial score (nSPS) is 13.8. The van der Waals surface area contributed by atoms with Crippen molar-refractivity contribution < 1.29 is 19.1 Å². The molecule has 0 saturated carbocycles. The second kappa shape index (κ2) is 12.6. The van der Waals surface area contributed by atoms with Crippen LogP contribution in [0.4, 0.5) is 4.79 Å².